The summed E-state index contributed by atoms with van der Waals surface area (Å²) >= 11 is 0. The fourth-order valence-corrected chi connectivity index (χ4v) is 5.85. The summed E-state index contributed by atoms with van der Waals surface area (Å²) in [6.07, 6.45) is 0. The maximum Gasteiger partial charge on any atom is 0.133 e. The van der Waals surface area contributed by atoms with E-state index in [1.807, 2.05) is 6.07 Å². The molecule has 6 aromatic carbocycles. The molecule has 2 nitrogen and oxygen atoms in total. The highest BCUT2D eigenvalue weighted by Gasteiger charge is 2.34. The molecular weight excluding hydrogens is 474 g/mol. The first-order valence-electron chi connectivity index (χ1n) is 13.4. The van der Waals surface area contributed by atoms with Crippen LogP contribution in [0.3, 0.4) is 0 Å². The lowest BCUT2D eigenvalue weighted by atomic mass is 9.76. The van der Waals surface area contributed by atoms with Crippen molar-refractivity contribution in [1.82, 2.24) is 0 Å². The summed E-state index contributed by atoms with van der Waals surface area (Å²) in [6, 6.07) is 47.2. The van der Waals surface area contributed by atoms with Crippen LogP contribution in [0.25, 0.3) is 33.0 Å². The SMILES string of the molecule is CC1(C)c2ccccc2Oc2cc(Nc3ccc(-c4cccc5ccccc45)cc3-c3ccccc3)ccc21. The normalized spacial score (nSPS) is 13.3. The molecule has 0 aliphatic carbocycles. The fourth-order valence-electron chi connectivity index (χ4n) is 5.85. The van der Waals surface area contributed by atoms with Gasteiger partial charge in [-0.1, -0.05) is 117 Å². The fraction of sp³-hybridized carbons (Fsp3) is 0.0811. The first-order chi connectivity index (χ1) is 19.1. The molecule has 1 N–H and O–H groups in total. The van der Waals surface area contributed by atoms with Gasteiger partial charge in [0, 0.05) is 39.5 Å². The number of benzene rings is 6. The zero-order valence-corrected chi connectivity index (χ0v) is 22.1. The minimum Gasteiger partial charge on any atom is -0.457 e. The van der Waals surface area contributed by atoms with E-state index in [4.69, 9.17) is 4.74 Å². The van der Waals surface area contributed by atoms with Crippen LogP contribution in [-0.2, 0) is 5.41 Å². The first-order valence-corrected chi connectivity index (χ1v) is 13.4. The van der Waals surface area contributed by atoms with Crippen molar-refractivity contribution < 1.29 is 4.74 Å². The van der Waals surface area contributed by atoms with E-state index in [2.05, 4.69) is 147 Å². The summed E-state index contributed by atoms with van der Waals surface area (Å²) < 4.78 is 6.38. The summed E-state index contributed by atoms with van der Waals surface area (Å²) in [5.41, 5.74) is 9.10. The Morgan fingerprint density at radius 1 is 0.538 bits per heavy atom. The molecule has 6 aromatic rings. The number of rotatable bonds is 4. The summed E-state index contributed by atoms with van der Waals surface area (Å²) in [4.78, 5) is 0. The third-order valence-electron chi connectivity index (χ3n) is 7.92. The van der Waals surface area contributed by atoms with Gasteiger partial charge in [-0.3, -0.25) is 0 Å². The molecule has 0 bridgehead atoms. The number of hydrogen-bond donors (Lipinski definition) is 1. The van der Waals surface area contributed by atoms with Gasteiger partial charge in [-0.15, -0.1) is 0 Å². The number of anilines is 2. The van der Waals surface area contributed by atoms with E-state index < -0.39 is 0 Å². The van der Waals surface area contributed by atoms with Crippen LogP contribution in [0.15, 0.2) is 133 Å². The van der Waals surface area contributed by atoms with Crippen LogP contribution in [-0.4, -0.2) is 0 Å². The Bertz CT molecular complexity index is 1830. The van der Waals surface area contributed by atoms with Crippen molar-refractivity contribution in [3.8, 4) is 33.8 Å². The molecule has 2 heteroatoms. The molecule has 188 valence electrons. The van der Waals surface area contributed by atoms with E-state index in [0.29, 0.717) is 0 Å². The molecule has 1 heterocycles. The third kappa shape index (κ3) is 4.06. The molecule has 39 heavy (non-hydrogen) atoms. The Hall–Kier alpha value is -4.82. The zero-order chi connectivity index (χ0) is 26.4. The van der Waals surface area contributed by atoms with Crippen molar-refractivity contribution in [2.45, 2.75) is 19.3 Å². The van der Waals surface area contributed by atoms with Crippen LogP contribution in [0.5, 0.6) is 11.5 Å². The molecule has 1 aliphatic heterocycles. The number of para-hydroxylation sites is 1. The van der Waals surface area contributed by atoms with Crippen molar-refractivity contribution in [3.63, 3.8) is 0 Å². The highest BCUT2D eigenvalue weighted by molar-refractivity contribution is 5.98. The van der Waals surface area contributed by atoms with Crippen molar-refractivity contribution >= 4 is 22.1 Å². The molecular formula is C37H29NO. The lowest BCUT2D eigenvalue weighted by molar-refractivity contribution is 0.418. The van der Waals surface area contributed by atoms with Gasteiger partial charge in [0.1, 0.15) is 11.5 Å². The Labute approximate surface area is 229 Å². The van der Waals surface area contributed by atoms with Crippen LogP contribution in [0.2, 0.25) is 0 Å². The van der Waals surface area contributed by atoms with Gasteiger partial charge in [-0.25, -0.2) is 0 Å². The van der Waals surface area contributed by atoms with Gasteiger partial charge in [0.05, 0.1) is 0 Å². The topological polar surface area (TPSA) is 21.3 Å². The Morgan fingerprint density at radius 3 is 2.18 bits per heavy atom. The molecule has 0 unspecified atom stereocenters. The van der Waals surface area contributed by atoms with Gasteiger partial charge in [-0.05, 0) is 51.7 Å². The predicted molar refractivity (Wildman–Crippen MR) is 163 cm³/mol. The predicted octanol–water partition coefficient (Wildman–Crippen LogP) is 10.3. The minimum absolute atomic E-state index is 0.127. The molecule has 0 aromatic heterocycles. The Morgan fingerprint density at radius 2 is 1.28 bits per heavy atom. The van der Waals surface area contributed by atoms with E-state index in [0.717, 1.165) is 28.4 Å². The molecule has 0 fully saturated rings. The quantitative estimate of drug-likeness (QED) is 0.258. The number of fused-ring (bicyclic) bond motifs is 3. The van der Waals surface area contributed by atoms with E-state index >= 15 is 0 Å². The van der Waals surface area contributed by atoms with Crippen LogP contribution < -0.4 is 10.1 Å². The second-order valence-electron chi connectivity index (χ2n) is 10.7. The van der Waals surface area contributed by atoms with E-state index in [-0.39, 0.29) is 5.41 Å². The molecule has 0 atom stereocenters. The van der Waals surface area contributed by atoms with Crippen LogP contribution in [0.1, 0.15) is 25.0 Å². The number of nitrogens with one attached hydrogen (secondary N) is 1. The molecule has 0 spiro atoms. The van der Waals surface area contributed by atoms with Crippen molar-refractivity contribution in [3.05, 3.63) is 145 Å². The van der Waals surface area contributed by atoms with E-state index in [9.17, 15) is 0 Å². The smallest absolute Gasteiger partial charge is 0.133 e. The summed E-state index contributed by atoms with van der Waals surface area (Å²) in [7, 11) is 0. The van der Waals surface area contributed by atoms with Crippen LogP contribution in [0, 0.1) is 0 Å². The maximum atomic E-state index is 6.38. The largest absolute Gasteiger partial charge is 0.457 e. The highest BCUT2D eigenvalue weighted by atomic mass is 16.5. The van der Waals surface area contributed by atoms with Gasteiger partial charge < -0.3 is 10.1 Å². The molecule has 1 aliphatic rings. The molecule has 0 amide bonds. The Balaban J connectivity index is 1.31. The average molecular weight is 504 g/mol. The van der Waals surface area contributed by atoms with Crippen LogP contribution in [0.4, 0.5) is 11.4 Å². The summed E-state index contributed by atoms with van der Waals surface area (Å²) in [5, 5.41) is 6.21. The van der Waals surface area contributed by atoms with Crippen LogP contribution >= 0.6 is 0 Å². The number of hydrogen-bond acceptors (Lipinski definition) is 2. The molecule has 0 saturated heterocycles. The lowest BCUT2D eigenvalue weighted by Gasteiger charge is -2.34. The van der Waals surface area contributed by atoms with E-state index in [1.165, 1.54) is 38.6 Å². The molecule has 7 rings (SSSR count). The monoisotopic (exact) mass is 503 g/mol. The van der Waals surface area contributed by atoms with Gasteiger partial charge in [0.2, 0.25) is 0 Å². The molecule has 0 saturated carbocycles. The lowest BCUT2D eigenvalue weighted by Crippen LogP contribution is -2.24. The van der Waals surface area contributed by atoms with Crippen molar-refractivity contribution in [2.24, 2.45) is 0 Å². The van der Waals surface area contributed by atoms with Gasteiger partial charge in [0.15, 0.2) is 0 Å². The standard InChI is InChI=1S/C37H29NO/c1-37(2)32-17-8-9-18-35(32)39-36-24-28(20-21-33(36)37)38-34-22-19-27(23-31(34)26-11-4-3-5-12-26)30-16-10-14-25-13-6-7-15-29(25)30/h3-24,38H,1-2H3. The third-order valence-corrected chi connectivity index (χ3v) is 7.92. The van der Waals surface area contributed by atoms with Gasteiger partial charge >= 0.3 is 0 Å². The van der Waals surface area contributed by atoms with E-state index in [1.54, 1.807) is 0 Å². The zero-order valence-electron chi connectivity index (χ0n) is 22.1. The molecule has 0 radical (unpaired) electrons. The summed E-state index contributed by atoms with van der Waals surface area (Å²) in [6.45, 7) is 4.53. The minimum atomic E-state index is -0.127. The van der Waals surface area contributed by atoms with Crippen molar-refractivity contribution in [1.29, 1.82) is 0 Å². The second-order valence-corrected chi connectivity index (χ2v) is 10.7. The van der Waals surface area contributed by atoms with Gasteiger partial charge in [-0.2, -0.15) is 0 Å². The maximum absolute atomic E-state index is 6.38. The van der Waals surface area contributed by atoms with Crippen molar-refractivity contribution in [2.75, 3.05) is 5.32 Å². The average Bonchev–Trinajstić information content (AvgIpc) is 2.97. The summed E-state index contributed by atoms with van der Waals surface area (Å²) in [5.74, 6) is 1.83. The second kappa shape index (κ2) is 9.18. The first kappa shape index (κ1) is 23.3. The number of ether oxygens (including phenoxy) is 1. The van der Waals surface area contributed by atoms with Gasteiger partial charge in [0.25, 0.3) is 0 Å². The Kier molecular flexibility index (Phi) is 5.49. The highest BCUT2D eigenvalue weighted by Crippen LogP contribution is 2.48.